The highest BCUT2D eigenvalue weighted by Crippen LogP contribution is 2.25. The third kappa shape index (κ3) is 2.70. The van der Waals surface area contributed by atoms with Crippen LogP contribution in [0.4, 0.5) is 0 Å². The van der Waals surface area contributed by atoms with Gasteiger partial charge in [0.2, 0.25) is 0 Å². The van der Waals surface area contributed by atoms with E-state index in [1.165, 1.54) is 0 Å². The predicted octanol–water partition coefficient (Wildman–Crippen LogP) is 0.230. The van der Waals surface area contributed by atoms with E-state index in [0.29, 0.717) is 19.0 Å². The van der Waals surface area contributed by atoms with Crippen molar-refractivity contribution in [2.75, 3.05) is 13.2 Å². The Hall–Kier alpha value is -0.990. The lowest BCUT2D eigenvalue weighted by Crippen LogP contribution is -2.23. The van der Waals surface area contributed by atoms with Crippen LogP contribution in [0.3, 0.4) is 0 Å². The molecule has 0 amide bonds. The third-order valence-corrected chi connectivity index (χ3v) is 3.78. The molecule has 8 heteroatoms. The molecule has 7 nitrogen and oxygen atoms in total. The van der Waals surface area contributed by atoms with E-state index in [2.05, 4.69) is 10.2 Å². The van der Waals surface area contributed by atoms with Crippen LogP contribution in [0.1, 0.15) is 37.9 Å². The summed E-state index contributed by atoms with van der Waals surface area (Å²) in [5.74, 6) is 0.772. The zero-order valence-electron chi connectivity index (χ0n) is 10.4. The number of sulfonamides is 1. The Bertz CT molecular complexity index is 505. The summed E-state index contributed by atoms with van der Waals surface area (Å²) in [4.78, 5) is 0. The molecule has 2 rings (SSSR count). The molecule has 2 heterocycles. The molecule has 1 aliphatic rings. The predicted molar refractivity (Wildman–Crippen MR) is 64.5 cm³/mol. The molecule has 2 N–H and O–H groups in total. The Labute approximate surface area is 106 Å². The number of nitrogens with two attached hydrogens (primary N) is 1. The van der Waals surface area contributed by atoms with Crippen LogP contribution < -0.4 is 5.14 Å². The quantitative estimate of drug-likeness (QED) is 0.847. The normalized spacial score (nSPS) is 21.1. The average molecular weight is 274 g/mol. The van der Waals surface area contributed by atoms with Gasteiger partial charge in [0.1, 0.15) is 5.82 Å². The third-order valence-electron chi connectivity index (χ3n) is 2.97. The van der Waals surface area contributed by atoms with Gasteiger partial charge >= 0.3 is 0 Å². The van der Waals surface area contributed by atoms with Gasteiger partial charge < -0.3 is 9.30 Å². The highest BCUT2D eigenvalue weighted by atomic mass is 32.2. The van der Waals surface area contributed by atoms with Crippen LogP contribution in [-0.4, -0.2) is 36.4 Å². The van der Waals surface area contributed by atoms with Gasteiger partial charge in [0.25, 0.3) is 15.2 Å². The lowest BCUT2D eigenvalue weighted by atomic mass is 10.0. The molecular formula is C10H18N4O3S. The molecule has 1 aliphatic heterocycles. The van der Waals surface area contributed by atoms with Crippen LogP contribution in [0.2, 0.25) is 0 Å². The molecule has 1 saturated heterocycles. The molecule has 1 aromatic heterocycles. The highest BCUT2D eigenvalue weighted by Gasteiger charge is 2.27. The van der Waals surface area contributed by atoms with Crippen molar-refractivity contribution in [1.82, 2.24) is 14.8 Å². The summed E-state index contributed by atoms with van der Waals surface area (Å²) in [7, 11) is -3.82. The maximum atomic E-state index is 11.4. The van der Waals surface area contributed by atoms with Gasteiger partial charge in [0, 0.05) is 19.1 Å². The maximum Gasteiger partial charge on any atom is 0.273 e. The van der Waals surface area contributed by atoms with Gasteiger partial charge in [-0.25, -0.2) is 13.6 Å². The second-order valence-electron chi connectivity index (χ2n) is 4.45. The minimum atomic E-state index is -3.82. The van der Waals surface area contributed by atoms with Crippen LogP contribution >= 0.6 is 0 Å². The van der Waals surface area contributed by atoms with Crippen molar-refractivity contribution in [3.63, 3.8) is 0 Å². The lowest BCUT2D eigenvalue weighted by Gasteiger charge is -2.22. The Morgan fingerprint density at radius 2 is 2.28 bits per heavy atom. The fraction of sp³-hybridized carbons (Fsp3) is 0.800. The molecule has 1 atom stereocenters. The summed E-state index contributed by atoms with van der Waals surface area (Å²) in [6.45, 7) is 3.82. The topological polar surface area (TPSA) is 100 Å². The van der Waals surface area contributed by atoms with E-state index in [1.54, 1.807) is 4.57 Å². The average Bonchev–Trinajstić information content (AvgIpc) is 2.74. The zero-order chi connectivity index (χ0) is 13.2. The molecule has 0 spiro atoms. The van der Waals surface area contributed by atoms with E-state index >= 15 is 0 Å². The van der Waals surface area contributed by atoms with Crippen molar-refractivity contribution in [3.05, 3.63) is 5.82 Å². The highest BCUT2D eigenvalue weighted by molar-refractivity contribution is 7.89. The first-order valence-electron chi connectivity index (χ1n) is 6.07. The molecule has 102 valence electrons. The van der Waals surface area contributed by atoms with Crippen LogP contribution in [0.25, 0.3) is 0 Å². The van der Waals surface area contributed by atoms with Crippen LogP contribution in [0.5, 0.6) is 0 Å². The SMILES string of the molecule is CCCn1c(C2CCCOC2)nnc1S(N)(=O)=O. The Balaban J connectivity index is 2.38. The molecular weight excluding hydrogens is 256 g/mol. The first-order chi connectivity index (χ1) is 8.54. The Morgan fingerprint density at radius 3 is 2.83 bits per heavy atom. The van der Waals surface area contributed by atoms with Crippen molar-refractivity contribution in [2.45, 2.75) is 43.8 Å². The second-order valence-corrected chi connectivity index (χ2v) is 5.91. The summed E-state index contributed by atoms with van der Waals surface area (Å²) in [5.41, 5.74) is 0. The fourth-order valence-corrected chi connectivity index (χ4v) is 2.84. The Morgan fingerprint density at radius 1 is 1.50 bits per heavy atom. The van der Waals surface area contributed by atoms with Crippen LogP contribution in [0.15, 0.2) is 5.16 Å². The molecule has 1 aromatic rings. The molecule has 1 fully saturated rings. The van der Waals surface area contributed by atoms with Gasteiger partial charge in [0.15, 0.2) is 0 Å². The molecule has 1 unspecified atom stereocenters. The van der Waals surface area contributed by atoms with E-state index in [9.17, 15) is 8.42 Å². The van der Waals surface area contributed by atoms with Crippen molar-refractivity contribution >= 4 is 10.0 Å². The Kier molecular flexibility index (Phi) is 3.98. The van der Waals surface area contributed by atoms with Gasteiger partial charge in [-0.05, 0) is 19.3 Å². The van der Waals surface area contributed by atoms with E-state index in [1.807, 2.05) is 6.92 Å². The summed E-state index contributed by atoms with van der Waals surface area (Å²) in [6.07, 6.45) is 2.68. The summed E-state index contributed by atoms with van der Waals surface area (Å²) < 4.78 is 29.9. The van der Waals surface area contributed by atoms with E-state index in [0.717, 1.165) is 25.9 Å². The van der Waals surface area contributed by atoms with Gasteiger partial charge in [-0.15, -0.1) is 10.2 Å². The van der Waals surface area contributed by atoms with Crippen molar-refractivity contribution in [2.24, 2.45) is 5.14 Å². The number of hydrogen-bond acceptors (Lipinski definition) is 5. The first kappa shape index (κ1) is 13.4. The minimum absolute atomic E-state index is 0.105. The van der Waals surface area contributed by atoms with E-state index < -0.39 is 10.0 Å². The number of aromatic nitrogens is 3. The van der Waals surface area contributed by atoms with Crippen LogP contribution in [-0.2, 0) is 21.3 Å². The summed E-state index contributed by atoms with van der Waals surface area (Å²) in [6, 6.07) is 0. The van der Waals surface area contributed by atoms with Crippen molar-refractivity contribution in [3.8, 4) is 0 Å². The van der Waals surface area contributed by atoms with Gasteiger partial charge in [-0.3, -0.25) is 0 Å². The number of rotatable bonds is 4. The first-order valence-corrected chi connectivity index (χ1v) is 7.62. The summed E-state index contributed by atoms with van der Waals surface area (Å²) in [5, 5.41) is 12.7. The molecule has 0 saturated carbocycles. The van der Waals surface area contributed by atoms with Crippen LogP contribution in [0, 0.1) is 0 Å². The summed E-state index contributed by atoms with van der Waals surface area (Å²) >= 11 is 0. The molecule has 18 heavy (non-hydrogen) atoms. The number of hydrogen-bond donors (Lipinski definition) is 1. The fourth-order valence-electron chi connectivity index (χ4n) is 2.19. The van der Waals surface area contributed by atoms with E-state index in [4.69, 9.17) is 9.88 Å². The monoisotopic (exact) mass is 274 g/mol. The smallest absolute Gasteiger partial charge is 0.273 e. The van der Waals surface area contributed by atoms with Gasteiger partial charge in [0.05, 0.1) is 6.61 Å². The number of ether oxygens (including phenoxy) is 1. The standard InChI is InChI=1S/C10H18N4O3S/c1-2-5-14-9(8-4-3-6-17-7-8)12-13-10(14)18(11,15)16/h8H,2-7H2,1H3,(H2,11,15,16). The zero-order valence-corrected chi connectivity index (χ0v) is 11.2. The largest absolute Gasteiger partial charge is 0.381 e. The minimum Gasteiger partial charge on any atom is -0.381 e. The lowest BCUT2D eigenvalue weighted by molar-refractivity contribution is 0.0767. The van der Waals surface area contributed by atoms with E-state index in [-0.39, 0.29) is 11.1 Å². The molecule has 0 aromatic carbocycles. The van der Waals surface area contributed by atoms with Crippen molar-refractivity contribution in [1.29, 1.82) is 0 Å². The van der Waals surface area contributed by atoms with Gasteiger partial charge in [-0.2, -0.15) is 0 Å². The second kappa shape index (κ2) is 5.33. The molecule has 0 bridgehead atoms. The van der Waals surface area contributed by atoms with Gasteiger partial charge in [-0.1, -0.05) is 6.92 Å². The molecule has 0 radical (unpaired) electrons. The number of primary sulfonamides is 1. The number of nitrogens with zero attached hydrogens (tertiary/aromatic N) is 3. The molecule has 0 aliphatic carbocycles. The maximum absolute atomic E-state index is 11.4. The van der Waals surface area contributed by atoms with Crippen molar-refractivity contribution < 1.29 is 13.2 Å².